The van der Waals surface area contributed by atoms with Crippen LogP contribution in [0.1, 0.15) is 41.8 Å². The number of nitrogens with zero attached hydrogens (tertiary/aromatic N) is 1. The van der Waals surface area contributed by atoms with Crippen molar-refractivity contribution in [2.24, 2.45) is 5.92 Å². The van der Waals surface area contributed by atoms with E-state index in [0.717, 1.165) is 19.4 Å². The molecular weight excluding hydrogens is 531 g/mol. The first-order valence-corrected chi connectivity index (χ1v) is 14.6. The molecule has 3 aromatic carbocycles. The van der Waals surface area contributed by atoms with E-state index in [9.17, 15) is 9.18 Å². The number of fused-ring (bicyclic) bond motifs is 5. The fourth-order valence-corrected chi connectivity index (χ4v) is 6.15. The highest BCUT2D eigenvalue weighted by Gasteiger charge is 2.34. The van der Waals surface area contributed by atoms with Crippen LogP contribution in [0.3, 0.4) is 0 Å². The molecule has 0 aromatic heterocycles. The van der Waals surface area contributed by atoms with Crippen molar-refractivity contribution >= 4 is 35.2 Å². The van der Waals surface area contributed by atoms with Gasteiger partial charge in [0.2, 0.25) is 0 Å². The van der Waals surface area contributed by atoms with Gasteiger partial charge in [0.05, 0.1) is 0 Å². The van der Waals surface area contributed by atoms with E-state index in [4.69, 9.17) is 11.6 Å². The predicted molar refractivity (Wildman–Crippen MR) is 170 cm³/mol. The molecule has 1 atom stereocenters. The molecule has 0 fully saturated rings. The summed E-state index contributed by atoms with van der Waals surface area (Å²) in [7, 11) is 2.07. The average molecular weight is 567 g/mol. The quantitative estimate of drug-likeness (QED) is 0.278. The van der Waals surface area contributed by atoms with Crippen molar-refractivity contribution in [1.29, 1.82) is 0 Å². The van der Waals surface area contributed by atoms with Crippen LogP contribution in [0.15, 0.2) is 91.3 Å². The number of nitrogens with one attached hydrogen (secondary N) is 1. The van der Waals surface area contributed by atoms with E-state index in [1.54, 1.807) is 12.1 Å². The fraction of sp³-hybridized carbons (Fsp3) is 0.250. The van der Waals surface area contributed by atoms with Gasteiger partial charge in [-0.1, -0.05) is 56.4 Å². The molecule has 41 heavy (non-hydrogen) atoms. The zero-order valence-corrected chi connectivity index (χ0v) is 24.6. The Bertz CT molecular complexity index is 1640. The topological polar surface area (TPSA) is 32.3 Å². The zero-order chi connectivity index (χ0) is 29.0. The lowest BCUT2D eigenvalue weighted by atomic mass is 9.69. The van der Waals surface area contributed by atoms with Gasteiger partial charge in [0, 0.05) is 49.0 Å². The first-order chi connectivity index (χ1) is 19.8. The highest BCUT2D eigenvalue weighted by molar-refractivity contribution is 6.18. The summed E-state index contributed by atoms with van der Waals surface area (Å²) < 4.78 is 13.4. The molecular formula is C36H36ClFN2O. The molecule has 1 aliphatic heterocycles. The molecule has 5 heteroatoms. The van der Waals surface area contributed by atoms with Gasteiger partial charge in [-0.05, 0) is 99.5 Å². The number of allylic oxidation sites excluding steroid dienone is 4. The summed E-state index contributed by atoms with van der Waals surface area (Å²) >= 11 is 5.94. The smallest absolute Gasteiger partial charge is 0.169 e. The summed E-state index contributed by atoms with van der Waals surface area (Å²) in [5, 5.41) is 5.31. The highest BCUT2D eigenvalue weighted by atomic mass is 35.5. The van der Waals surface area contributed by atoms with E-state index < -0.39 is 0 Å². The van der Waals surface area contributed by atoms with Crippen molar-refractivity contribution in [3.8, 4) is 11.1 Å². The van der Waals surface area contributed by atoms with Crippen LogP contribution in [0.4, 0.5) is 10.1 Å². The van der Waals surface area contributed by atoms with Crippen LogP contribution in [0.2, 0.25) is 0 Å². The van der Waals surface area contributed by atoms with E-state index >= 15 is 0 Å². The number of halogens is 2. The van der Waals surface area contributed by atoms with Crippen LogP contribution in [-0.2, 0) is 11.8 Å². The Balaban J connectivity index is 0.000000423. The van der Waals surface area contributed by atoms with Gasteiger partial charge in [-0.3, -0.25) is 4.79 Å². The van der Waals surface area contributed by atoms with E-state index in [1.807, 2.05) is 36.7 Å². The SMILES string of the molecule is C1=CC=CNC=C1.CN(CCCl)c1ccc2c(c1)CC=c1c-2ccc2c1=CC(C(=O)c1ccc(F)cc1)CC2(C)C. The number of anilines is 1. The van der Waals surface area contributed by atoms with Crippen molar-refractivity contribution in [2.45, 2.75) is 32.1 Å². The van der Waals surface area contributed by atoms with Gasteiger partial charge in [0.1, 0.15) is 5.82 Å². The maximum atomic E-state index is 13.4. The molecule has 1 N–H and O–H groups in total. The van der Waals surface area contributed by atoms with Crippen molar-refractivity contribution in [2.75, 3.05) is 24.4 Å². The number of carbonyl (C=O) groups is 1. The number of rotatable bonds is 5. The number of benzene rings is 3. The third-order valence-corrected chi connectivity index (χ3v) is 8.23. The normalized spacial score (nSPS) is 17.2. The summed E-state index contributed by atoms with van der Waals surface area (Å²) in [4.78, 5) is 15.5. The molecule has 3 nitrogen and oxygen atoms in total. The van der Waals surface area contributed by atoms with Gasteiger partial charge in [-0.2, -0.15) is 0 Å². The molecule has 1 unspecified atom stereocenters. The van der Waals surface area contributed by atoms with Crippen LogP contribution in [0.5, 0.6) is 0 Å². The van der Waals surface area contributed by atoms with E-state index in [0.29, 0.717) is 11.4 Å². The van der Waals surface area contributed by atoms with Crippen molar-refractivity contribution in [3.05, 3.63) is 124 Å². The second kappa shape index (κ2) is 12.3. The van der Waals surface area contributed by atoms with Crippen molar-refractivity contribution in [1.82, 2.24) is 5.32 Å². The average Bonchev–Trinajstić information content (AvgIpc) is 3.30. The minimum Gasteiger partial charge on any atom is -0.373 e. The summed E-state index contributed by atoms with van der Waals surface area (Å²) in [6.45, 7) is 5.24. The van der Waals surface area contributed by atoms with Gasteiger partial charge in [0.25, 0.3) is 0 Å². The number of carbonyl (C=O) groups excluding carboxylic acids is 1. The standard InChI is InChI=1S/C30H29ClFNO.C6H7N/c1-30(2)18-21(29(34)19-4-7-22(32)8-5-19)17-27-26-10-6-20-16-23(33(3)15-14-31)9-11-24(20)25(26)12-13-28(27)30;1-2-4-6-7-5-3-1/h4-5,7-13,16-17,21H,6,14-15,18H2,1-3H3;1-7H. The lowest BCUT2D eigenvalue weighted by molar-refractivity contribution is 0.0933. The molecule has 3 aromatic rings. The molecule has 2 aliphatic carbocycles. The monoisotopic (exact) mass is 566 g/mol. The van der Waals surface area contributed by atoms with E-state index in [1.165, 1.54) is 50.5 Å². The molecule has 0 saturated carbocycles. The minimum absolute atomic E-state index is 0.0551. The van der Waals surface area contributed by atoms with Crippen LogP contribution in [-0.4, -0.2) is 25.3 Å². The Labute approximate surface area is 247 Å². The van der Waals surface area contributed by atoms with E-state index in [2.05, 4.69) is 73.6 Å². The molecule has 0 spiro atoms. The number of hydrogen-bond acceptors (Lipinski definition) is 3. The van der Waals surface area contributed by atoms with Gasteiger partial charge in [-0.25, -0.2) is 4.39 Å². The van der Waals surface area contributed by atoms with Gasteiger partial charge in [0.15, 0.2) is 5.78 Å². The van der Waals surface area contributed by atoms with E-state index in [-0.39, 0.29) is 22.9 Å². The first kappa shape index (κ1) is 28.6. The lowest BCUT2D eigenvalue weighted by Gasteiger charge is -2.34. The Hall–Kier alpha value is -3.89. The lowest BCUT2D eigenvalue weighted by Crippen LogP contribution is -2.43. The summed E-state index contributed by atoms with van der Waals surface area (Å²) in [6, 6.07) is 17.0. The van der Waals surface area contributed by atoms with Gasteiger partial charge >= 0.3 is 0 Å². The maximum Gasteiger partial charge on any atom is 0.169 e. The summed E-state index contributed by atoms with van der Waals surface area (Å²) in [5.74, 6) is 0.0903. The Kier molecular flexibility index (Phi) is 8.60. The van der Waals surface area contributed by atoms with Gasteiger partial charge < -0.3 is 10.2 Å². The molecule has 6 rings (SSSR count). The Morgan fingerprint density at radius 3 is 2.39 bits per heavy atom. The molecule has 0 amide bonds. The van der Waals surface area contributed by atoms with Crippen LogP contribution >= 0.6 is 11.6 Å². The van der Waals surface area contributed by atoms with Crippen LogP contribution in [0.25, 0.3) is 23.3 Å². The zero-order valence-electron chi connectivity index (χ0n) is 23.8. The number of Topliss-reactive ketones (excluding diaryl/α,β-unsaturated/α-hetero) is 1. The Morgan fingerprint density at radius 1 is 0.976 bits per heavy atom. The summed E-state index contributed by atoms with van der Waals surface area (Å²) in [6.07, 6.45) is 17.6. The third kappa shape index (κ3) is 6.23. The maximum absolute atomic E-state index is 13.4. The summed E-state index contributed by atoms with van der Waals surface area (Å²) in [5.41, 5.74) is 6.66. The Morgan fingerprint density at radius 2 is 1.68 bits per heavy atom. The molecule has 210 valence electrons. The highest BCUT2D eigenvalue weighted by Crippen LogP contribution is 2.35. The molecule has 3 aliphatic rings. The largest absolute Gasteiger partial charge is 0.373 e. The fourth-order valence-electron chi connectivity index (χ4n) is 5.90. The molecule has 0 bridgehead atoms. The van der Waals surface area contributed by atoms with Crippen molar-refractivity contribution < 1.29 is 9.18 Å². The first-order valence-electron chi connectivity index (χ1n) is 14.1. The second-order valence-corrected chi connectivity index (χ2v) is 11.7. The molecule has 0 radical (unpaired) electrons. The van der Waals surface area contributed by atoms with Gasteiger partial charge in [-0.15, -0.1) is 11.6 Å². The predicted octanol–water partition coefficient (Wildman–Crippen LogP) is 6.64. The third-order valence-electron chi connectivity index (χ3n) is 8.06. The minimum atomic E-state index is -0.325. The van der Waals surface area contributed by atoms with Crippen LogP contribution < -0.4 is 20.7 Å². The molecule has 1 heterocycles. The number of ketones is 1. The molecule has 0 saturated heterocycles. The number of hydrogen-bond donors (Lipinski definition) is 1. The number of alkyl halides is 1. The van der Waals surface area contributed by atoms with Crippen LogP contribution in [0, 0.1) is 11.7 Å². The second-order valence-electron chi connectivity index (χ2n) is 11.4. The van der Waals surface area contributed by atoms with Crippen molar-refractivity contribution in [3.63, 3.8) is 0 Å².